The summed E-state index contributed by atoms with van der Waals surface area (Å²) in [6.45, 7) is 2.54. The van der Waals surface area contributed by atoms with Crippen molar-refractivity contribution in [2.45, 2.75) is 13.5 Å². The zero-order valence-corrected chi connectivity index (χ0v) is 10.4. The number of aryl methyl sites for hydroxylation is 1. The van der Waals surface area contributed by atoms with E-state index in [1.165, 1.54) is 6.20 Å². The molecule has 0 saturated carbocycles. The third-order valence-electron chi connectivity index (χ3n) is 2.52. The second-order valence-electron chi connectivity index (χ2n) is 4.02. The van der Waals surface area contributed by atoms with E-state index in [1.807, 2.05) is 31.3 Å². The standard InChI is InChI=1S/C13H15N3O2/c1-9-7-15-18-12(9)13(17)16-11-5-3-4-10(6-11)8-14-2/h3-7,14H,8H2,1-2H3,(H,16,17). The van der Waals surface area contributed by atoms with Gasteiger partial charge in [0.15, 0.2) is 0 Å². The minimum absolute atomic E-state index is 0.244. The predicted octanol–water partition coefficient (Wildman–Crippen LogP) is 1.95. The Morgan fingerprint density at radius 2 is 2.28 bits per heavy atom. The van der Waals surface area contributed by atoms with E-state index in [0.717, 1.165) is 23.4 Å². The molecule has 94 valence electrons. The van der Waals surface area contributed by atoms with Crippen LogP contribution in [-0.4, -0.2) is 18.1 Å². The molecular weight excluding hydrogens is 230 g/mol. The van der Waals surface area contributed by atoms with Gasteiger partial charge in [0.25, 0.3) is 5.91 Å². The number of anilines is 1. The number of rotatable bonds is 4. The lowest BCUT2D eigenvalue weighted by Crippen LogP contribution is -2.12. The number of carbonyl (C=O) groups is 1. The van der Waals surface area contributed by atoms with Crippen molar-refractivity contribution in [3.63, 3.8) is 0 Å². The molecule has 0 aliphatic heterocycles. The zero-order valence-electron chi connectivity index (χ0n) is 10.4. The molecule has 5 nitrogen and oxygen atoms in total. The number of carbonyl (C=O) groups excluding carboxylic acids is 1. The molecule has 0 unspecified atom stereocenters. The van der Waals surface area contributed by atoms with Crippen LogP contribution in [0.5, 0.6) is 0 Å². The summed E-state index contributed by atoms with van der Waals surface area (Å²) in [7, 11) is 1.88. The predicted molar refractivity (Wildman–Crippen MR) is 68.4 cm³/mol. The number of hydrogen-bond donors (Lipinski definition) is 2. The van der Waals surface area contributed by atoms with Gasteiger partial charge in [-0.25, -0.2) is 0 Å². The van der Waals surface area contributed by atoms with Crippen LogP contribution in [-0.2, 0) is 6.54 Å². The molecule has 0 radical (unpaired) electrons. The van der Waals surface area contributed by atoms with Crippen LogP contribution in [0.25, 0.3) is 0 Å². The fourth-order valence-corrected chi connectivity index (χ4v) is 1.66. The monoisotopic (exact) mass is 245 g/mol. The van der Waals surface area contributed by atoms with E-state index in [9.17, 15) is 4.79 Å². The molecule has 0 bridgehead atoms. The van der Waals surface area contributed by atoms with Crippen LogP contribution >= 0.6 is 0 Å². The Bertz CT molecular complexity index is 549. The van der Waals surface area contributed by atoms with Crippen LogP contribution in [0.2, 0.25) is 0 Å². The highest BCUT2D eigenvalue weighted by molar-refractivity contribution is 6.03. The maximum absolute atomic E-state index is 11.9. The van der Waals surface area contributed by atoms with E-state index in [-0.39, 0.29) is 11.7 Å². The van der Waals surface area contributed by atoms with Crippen LogP contribution in [0, 0.1) is 6.92 Å². The molecule has 2 N–H and O–H groups in total. The summed E-state index contributed by atoms with van der Waals surface area (Å²) in [6.07, 6.45) is 1.52. The summed E-state index contributed by atoms with van der Waals surface area (Å²) in [6, 6.07) is 7.64. The lowest BCUT2D eigenvalue weighted by atomic mass is 10.2. The van der Waals surface area contributed by atoms with E-state index in [4.69, 9.17) is 4.52 Å². The molecular formula is C13H15N3O2. The molecule has 1 aromatic heterocycles. The molecule has 1 amide bonds. The van der Waals surface area contributed by atoms with Crippen molar-refractivity contribution >= 4 is 11.6 Å². The van der Waals surface area contributed by atoms with Gasteiger partial charge in [-0.3, -0.25) is 4.79 Å². The van der Waals surface area contributed by atoms with Crippen molar-refractivity contribution in [1.29, 1.82) is 0 Å². The van der Waals surface area contributed by atoms with Crippen molar-refractivity contribution in [3.8, 4) is 0 Å². The molecule has 0 aliphatic rings. The Kier molecular flexibility index (Phi) is 3.74. The fourth-order valence-electron chi connectivity index (χ4n) is 1.66. The van der Waals surface area contributed by atoms with E-state index < -0.39 is 0 Å². The highest BCUT2D eigenvalue weighted by Gasteiger charge is 2.14. The Hall–Kier alpha value is -2.14. The Labute approximate surface area is 105 Å². The van der Waals surface area contributed by atoms with Crippen molar-refractivity contribution < 1.29 is 9.32 Å². The highest BCUT2D eigenvalue weighted by Crippen LogP contribution is 2.13. The van der Waals surface area contributed by atoms with Crippen molar-refractivity contribution in [3.05, 3.63) is 47.3 Å². The lowest BCUT2D eigenvalue weighted by Gasteiger charge is -2.06. The smallest absolute Gasteiger partial charge is 0.294 e. The molecule has 5 heteroatoms. The minimum atomic E-state index is -0.286. The normalized spacial score (nSPS) is 10.3. The zero-order chi connectivity index (χ0) is 13.0. The summed E-state index contributed by atoms with van der Waals surface area (Å²) in [5.41, 5.74) is 2.56. The largest absolute Gasteiger partial charge is 0.351 e. The number of amides is 1. The first-order valence-corrected chi connectivity index (χ1v) is 5.67. The van der Waals surface area contributed by atoms with Gasteiger partial charge in [-0.15, -0.1) is 0 Å². The average Bonchev–Trinajstić information content (AvgIpc) is 2.76. The summed E-state index contributed by atoms with van der Waals surface area (Å²) in [4.78, 5) is 11.9. The number of nitrogens with one attached hydrogen (secondary N) is 2. The highest BCUT2D eigenvalue weighted by atomic mass is 16.5. The SMILES string of the molecule is CNCc1cccc(NC(=O)c2oncc2C)c1. The summed E-state index contributed by atoms with van der Waals surface area (Å²) in [5, 5.41) is 9.43. The van der Waals surface area contributed by atoms with Crippen LogP contribution < -0.4 is 10.6 Å². The maximum atomic E-state index is 11.9. The summed E-state index contributed by atoms with van der Waals surface area (Å²) < 4.78 is 4.90. The van der Waals surface area contributed by atoms with E-state index in [0.29, 0.717) is 0 Å². The minimum Gasteiger partial charge on any atom is -0.351 e. The molecule has 18 heavy (non-hydrogen) atoms. The molecule has 1 aromatic carbocycles. The van der Waals surface area contributed by atoms with Crippen LogP contribution in [0.15, 0.2) is 35.0 Å². The number of nitrogens with zero attached hydrogens (tertiary/aromatic N) is 1. The molecule has 0 spiro atoms. The Morgan fingerprint density at radius 3 is 2.94 bits per heavy atom. The Morgan fingerprint density at radius 1 is 1.44 bits per heavy atom. The summed E-state index contributed by atoms with van der Waals surface area (Å²) >= 11 is 0. The lowest BCUT2D eigenvalue weighted by molar-refractivity contribution is 0.0987. The first-order valence-electron chi connectivity index (χ1n) is 5.67. The van der Waals surface area contributed by atoms with Crippen molar-refractivity contribution in [2.24, 2.45) is 0 Å². The Balaban J connectivity index is 2.12. The molecule has 0 saturated heterocycles. The molecule has 0 fully saturated rings. The van der Waals surface area contributed by atoms with Crippen LogP contribution in [0.1, 0.15) is 21.7 Å². The average molecular weight is 245 g/mol. The van der Waals surface area contributed by atoms with Crippen LogP contribution in [0.4, 0.5) is 5.69 Å². The summed E-state index contributed by atoms with van der Waals surface area (Å²) in [5.74, 6) is -0.0411. The van der Waals surface area contributed by atoms with Gasteiger partial charge in [0.1, 0.15) is 0 Å². The van der Waals surface area contributed by atoms with E-state index in [1.54, 1.807) is 6.92 Å². The van der Waals surface area contributed by atoms with Gasteiger partial charge < -0.3 is 15.2 Å². The molecule has 0 aliphatic carbocycles. The van der Waals surface area contributed by atoms with Gasteiger partial charge in [-0.2, -0.15) is 0 Å². The third kappa shape index (κ3) is 2.75. The van der Waals surface area contributed by atoms with E-state index >= 15 is 0 Å². The quantitative estimate of drug-likeness (QED) is 0.864. The number of benzene rings is 1. The van der Waals surface area contributed by atoms with E-state index in [2.05, 4.69) is 15.8 Å². The van der Waals surface area contributed by atoms with Crippen molar-refractivity contribution in [1.82, 2.24) is 10.5 Å². The fraction of sp³-hybridized carbons (Fsp3) is 0.231. The number of aromatic nitrogens is 1. The van der Waals surface area contributed by atoms with Gasteiger partial charge in [0.2, 0.25) is 5.76 Å². The van der Waals surface area contributed by atoms with Gasteiger partial charge >= 0.3 is 0 Å². The maximum Gasteiger partial charge on any atom is 0.294 e. The molecule has 2 rings (SSSR count). The van der Waals surface area contributed by atoms with Gasteiger partial charge in [0.05, 0.1) is 6.20 Å². The third-order valence-corrected chi connectivity index (χ3v) is 2.52. The second kappa shape index (κ2) is 5.46. The van der Waals surface area contributed by atoms with Gasteiger partial charge in [0, 0.05) is 17.8 Å². The first-order chi connectivity index (χ1) is 8.70. The first kappa shape index (κ1) is 12.3. The number of hydrogen-bond acceptors (Lipinski definition) is 4. The van der Waals surface area contributed by atoms with Gasteiger partial charge in [-0.05, 0) is 31.7 Å². The topological polar surface area (TPSA) is 67.2 Å². The van der Waals surface area contributed by atoms with Crippen LogP contribution in [0.3, 0.4) is 0 Å². The van der Waals surface area contributed by atoms with Gasteiger partial charge in [-0.1, -0.05) is 17.3 Å². The second-order valence-corrected chi connectivity index (χ2v) is 4.02. The molecule has 2 aromatic rings. The molecule has 0 atom stereocenters. The van der Waals surface area contributed by atoms with Crippen molar-refractivity contribution in [2.75, 3.05) is 12.4 Å². The molecule has 1 heterocycles.